The second kappa shape index (κ2) is 7.97. The molecule has 0 radical (unpaired) electrons. The SMILES string of the molecule is Cc1[nH]nc2nc(C3CCOC3)c(-c3ccccc3)cc12.O=C(O)C(F)(F)F. The molecule has 3 heterocycles. The Labute approximate surface area is 158 Å². The van der Waals surface area contributed by atoms with Crippen molar-refractivity contribution >= 4 is 17.0 Å². The number of alkyl halides is 3. The van der Waals surface area contributed by atoms with Crippen LogP contribution in [0.3, 0.4) is 0 Å². The Kier molecular flexibility index (Phi) is 5.64. The van der Waals surface area contributed by atoms with Crippen molar-refractivity contribution in [1.82, 2.24) is 15.2 Å². The zero-order valence-electron chi connectivity index (χ0n) is 15.0. The van der Waals surface area contributed by atoms with Crippen LogP contribution in [0.15, 0.2) is 36.4 Å². The number of nitrogens with zero attached hydrogens (tertiary/aromatic N) is 2. The molecule has 28 heavy (non-hydrogen) atoms. The van der Waals surface area contributed by atoms with Crippen molar-refractivity contribution in [2.24, 2.45) is 0 Å². The van der Waals surface area contributed by atoms with Gasteiger partial charge < -0.3 is 9.84 Å². The standard InChI is InChI=1S/C17H17N3O.C2HF3O2/c1-11-14-9-15(12-5-3-2-4-6-12)16(13-7-8-21-10-13)18-17(14)20-19-11;3-2(4,5)1(6)7/h2-6,9,13H,7-8,10H2,1H3,(H,18,19,20);(H,6,7). The highest BCUT2D eigenvalue weighted by Gasteiger charge is 2.38. The number of H-pyrrole nitrogens is 1. The minimum Gasteiger partial charge on any atom is -0.475 e. The maximum atomic E-state index is 10.6. The molecule has 2 aromatic heterocycles. The maximum Gasteiger partial charge on any atom is 0.490 e. The summed E-state index contributed by atoms with van der Waals surface area (Å²) in [6.45, 7) is 3.60. The first-order valence-electron chi connectivity index (χ1n) is 8.56. The molecule has 1 aliphatic rings. The predicted octanol–water partition coefficient (Wildman–Crippen LogP) is 4.07. The molecular weight excluding hydrogens is 375 g/mol. The molecule has 1 saturated heterocycles. The lowest BCUT2D eigenvalue weighted by Gasteiger charge is -2.13. The van der Waals surface area contributed by atoms with Crippen LogP contribution in [0.1, 0.15) is 23.7 Å². The number of aliphatic carboxylic acids is 1. The largest absolute Gasteiger partial charge is 0.490 e. The Bertz CT molecular complexity index is 965. The van der Waals surface area contributed by atoms with E-state index in [2.05, 4.69) is 40.5 Å². The lowest BCUT2D eigenvalue weighted by molar-refractivity contribution is -0.192. The van der Waals surface area contributed by atoms with Crippen molar-refractivity contribution in [2.75, 3.05) is 13.2 Å². The average Bonchev–Trinajstić information content (AvgIpc) is 3.31. The van der Waals surface area contributed by atoms with Crippen LogP contribution in [0.4, 0.5) is 13.2 Å². The van der Waals surface area contributed by atoms with Crippen LogP contribution >= 0.6 is 0 Å². The Balaban J connectivity index is 0.000000279. The zero-order chi connectivity index (χ0) is 20.3. The number of carboxylic acid groups (broad SMARTS) is 1. The minimum absolute atomic E-state index is 0.363. The summed E-state index contributed by atoms with van der Waals surface area (Å²) < 4.78 is 37.3. The van der Waals surface area contributed by atoms with Crippen LogP contribution in [0, 0.1) is 6.92 Å². The van der Waals surface area contributed by atoms with Gasteiger partial charge in [0.05, 0.1) is 12.3 Å². The minimum atomic E-state index is -5.08. The first kappa shape index (κ1) is 19.8. The predicted molar refractivity (Wildman–Crippen MR) is 95.9 cm³/mol. The number of hydrogen-bond donors (Lipinski definition) is 2. The molecule has 1 aromatic carbocycles. The molecule has 0 bridgehead atoms. The summed E-state index contributed by atoms with van der Waals surface area (Å²) in [7, 11) is 0. The number of benzene rings is 1. The molecule has 0 spiro atoms. The van der Waals surface area contributed by atoms with Gasteiger partial charge in [-0.15, -0.1) is 0 Å². The van der Waals surface area contributed by atoms with Gasteiger partial charge in [-0.1, -0.05) is 30.3 Å². The molecule has 9 heteroatoms. The van der Waals surface area contributed by atoms with E-state index >= 15 is 0 Å². The van der Waals surface area contributed by atoms with Crippen molar-refractivity contribution in [1.29, 1.82) is 0 Å². The molecule has 0 amide bonds. The molecule has 0 saturated carbocycles. The van der Waals surface area contributed by atoms with Gasteiger partial charge in [-0.05, 0) is 25.0 Å². The van der Waals surface area contributed by atoms with Gasteiger partial charge in [0.15, 0.2) is 5.65 Å². The fraction of sp³-hybridized carbons (Fsp3) is 0.316. The Morgan fingerprint density at radius 1 is 1.29 bits per heavy atom. The third kappa shape index (κ3) is 4.30. The first-order chi connectivity index (χ1) is 13.3. The summed E-state index contributed by atoms with van der Waals surface area (Å²) >= 11 is 0. The molecule has 0 aliphatic carbocycles. The fourth-order valence-electron chi connectivity index (χ4n) is 2.99. The topological polar surface area (TPSA) is 88.1 Å². The molecule has 4 rings (SSSR count). The molecule has 1 fully saturated rings. The van der Waals surface area contributed by atoms with Crippen molar-refractivity contribution in [2.45, 2.75) is 25.4 Å². The highest BCUT2D eigenvalue weighted by molar-refractivity contribution is 5.84. The molecule has 148 valence electrons. The molecule has 2 N–H and O–H groups in total. The number of nitrogens with one attached hydrogen (secondary N) is 1. The van der Waals surface area contributed by atoms with Gasteiger partial charge in [-0.2, -0.15) is 18.3 Å². The number of aryl methyl sites for hydroxylation is 1. The van der Waals surface area contributed by atoms with Gasteiger partial charge >= 0.3 is 12.1 Å². The summed E-state index contributed by atoms with van der Waals surface area (Å²) in [5, 5.41) is 15.6. The van der Waals surface area contributed by atoms with Gasteiger partial charge in [0.1, 0.15) is 0 Å². The third-order valence-corrected chi connectivity index (χ3v) is 4.41. The quantitative estimate of drug-likeness (QED) is 0.685. The van der Waals surface area contributed by atoms with Crippen LogP contribution in [0.2, 0.25) is 0 Å². The number of aromatic amines is 1. The summed E-state index contributed by atoms with van der Waals surface area (Å²) in [4.78, 5) is 13.7. The third-order valence-electron chi connectivity index (χ3n) is 4.41. The van der Waals surface area contributed by atoms with Gasteiger partial charge in [-0.25, -0.2) is 9.78 Å². The van der Waals surface area contributed by atoms with Crippen molar-refractivity contribution in [3.05, 3.63) is 47.8 Å². The van der Waals surface area contributed by atoms with Crippen LogP contribution < -0.4 is 0 Å². The van der Waals surface area contributed by atoms with Gasteiger partial charge in [-0.3, -0.25) is 5.10 Å². The number of fused-ring (bicyclic) bond motifs is 1. The van der Waals surface area contributed by atoms with E-state index in [9.17, 15) is 13.2 Å². The van der Waals surface area contributed by atoms with E-state index in [0.29, 0.717) is 5.92 Å². The van der Waals surface area contributed by atoms with Crippen molar-refractivity contribution in [3.8, 4) is 11.1 Å². The summed E-state index contributed by atoms with van der Waals surface area (Å²) in [6.07, 6.45) is -4.05. The fourth-order valence-corrected chi connectivity index (χ4v) is 2.99. The number of ether oxygens (including phenoxy) is 1. The maximum absolute atomic E-state index is 10.6. The number of hydrogen-bond acceptors (Lipinski definition) is 4. The van der Waals surface area contributed by atoms with E-state index in [0.717, 1.165) is 42.1 Å². The van der Waals surface area contributed by atoms with E-state index in [1.807, 2.05) is 13.0 Å². The molecule has 3 aromatic rings. The van der Waals surface area contributed by atoms with Gasteiger partial charge in [0.2, 0.25) is 0 Å². The normalized spacial score (nSPS) is 16.6. The van der Waals surface area contributed by atoms with E-state index in [1.54, 1.807) is 0 Å². The monoisotopic (exact) mass is 393 g/mol. The number of carboxylic acids is 1. The van der Waals surface area contributed by atoms with Crippen molar-refractivity contribution in [3.63, 3.8) is 0 Å². The Hall–Kier alpha value is -2.94. The molecular formula is C19H18F3N3O3. The highest BCUT2D eigenvalue weighted by atomic mass is 19.4. The van der Waals surface area contributed by atoms with E-state index in [-0.39, 0.29) is 0 Å². The average molecular weight is 393 g/mol. The number of halogens is 3. The van der Waals surface area contributed by atoms with Crippen LogP contribution in [0.25, 0.3) is 22.2 Å². The highest BCUT2D eigenvalue weighted by Crippen LogP contribution is 2.34. The van der Waals surface area contributed by atoms with Gasteiger partial charge in [0.25, 0.3) is 0 Å². The summed E-state index contributed by atoms with van der Waals surface area (Å²) in [5.41, 5.74) is 5.37. The number of aromatic nitrogens is 3. The second-order valence-electron chi connectivity index (χ2n) is 6.37. The lowest BCUT2D eigenvalue weighted by Crippen LogP contribution is -2.21. The van der Waals surface area contributed by atoms with E-state index in [4.69, 9.17) is 19.6 Å². The number of carbonyl (C=O) groups is 1. The second-order valence-corrected chi connectivity index (χ2v) is 6.37. The number of pyridine rings is 1. The molecule has 1 unspecified atom stereocenters. The zero-order valence-corrected chi connectivity index (χ0v) is 15.0. The Morgan fingerprint density at radius 3 is 2.54 bits per heavy atom. The summed E-state index contributed by atoms with van der Waals surface area (Å²) in [5.74, 6) is -2.39. The summed E-state index contributed by atoms with van der Waals surface area (Å²) in [6, 6.07) is 12.7. The van der Waals surface area contributed by atoms with E-state index in [1.165, 1.54) is 11.1 Å². The van der Waals surface area contributed by atoms with Crippen LogP contribution in [0.5, 0.6) is 0 Å². The van der Waals surface area contributed by atoms with Gasteiger partial charge in [0, 0.05) is 29.2 Å². The lowest BCUT2D eigenvalue weighted by atomic mass is 9.94. The van der Waals surface area contributed by atoms with Crippen LogP contribution in [-0.4, -0.2) is 45.6 Å². The Morgan fingerprint density at radius 2 is 1.96 bits per heavy atom. The smallest absolute Gasteiger partial charge is 0.475 e. The molecule has 6 nitrogen and oxygen atoms in total. The molecule has 1 atom stereocenters. The van der Waals surface area contributed by atoms with Crippen molar-refractivity contribution < 1.29 is 27.8 Å². The van der Waals surface area contributed by atoms with E-state index < -0.39 is 12.1 Å². The number of rotatable bonds is 2. The van der Waals surface area contributed by atoms with Crippen LogP contribution in [-0.2, 0) is 9.53 Å². The first-order valence-corrected chi connectivity index (χ1v) is 8.56. The molecule has 1 aliphatic heterocycles.